The van der Waals surface area contributed by atoms with Gasteiger partial charge in [-0.3, -0.25) is 0 Å². The van der Waals surface area contributed by atoms with Gasteiger partial charge in [0.25, 0.3) is 0 Å². The van der Waals surface area contributed by atoms with E-state index in [9.17, 15) is 0 Å². The van der Waals surface area contributed by atoms with Crippen molar-refractivity contribution in [1.29, 1.82) is 5.26 Å². The maximum absolute atomic E-state index is 9.06. The minimum absolute atomic E-state index is 0.739. The van der Waals surface area contributed by atoms with E-state index < -0.39 is 8.07 Å². The molecule has 0 radical (unpaired) electrons. The maximum atomic E-state index is 9.06. The first-order valence-electron chi connectivity index (χ1n) is 5.05. The number of nitriles is 1. The van der Waals surface area contributed by atoms with Crippen LogP contribution in [0.1, 0.15) is 5.69 Å². The van der Waals surface area contributed by atoms with Gasteiger partial charge in [-0.15, -0.1) is 0 Å². The number of hydrogen-bond donors (Lipinski definition) is 0. The van der Waals surface area contributed by atoms with Gasteiger partial charge in [0.2, 0.25) is 0 Å². The third kappa shape index (κ3) is 1.57. The Morgan fingerprint density at radius 3 is 2.60 bits per heavy atom. The lowest BCUT2D eigenvalue weighted by Gasteiger charge is -2.14. The van der Waals surface area contributed by atoms with E-state index in [4.69, 9.17) is 5.26 Å². The molecule has 2 aromatic heterocycles. The number of nitrogens with zero attached hydrogens (tertiary/aromatic N) is 2. The Bertz CT molecular complexity index is 541. The molecule has 0 bridgehead atoms. The first-order valence-corrected chi connectivity index (χ1v) is 8.55. The zero-order chi connectivity index (χ0) is 11.1. The van der Waals surface area contributed by atoms with Crippen molar-refractivity contribution < 1.29 is 0 Å². The van der Waals surface area contributed by atoms with Crippen LogP contribution in [0.15, 0.2) is 30.5 Å². The van der Waals surface area contributed by atoms with Crippen LogP contribution >= 0.6 is 0 Å². The molecule has 15 heavy (non-hydrogen) atoms. The maximum Gasteiger partial charge on any atom is 0.124 e. The summed E-state index contributed by atoms with van der Waals surface area (Å²) in [6.45, 7) is 6.91. The van der Waals surface area contributed by atoms with Gasteiger partial charge in [-0.05, 0) is 23.4 Å². The zero-order valence-corrected chi connectivity index (χ0v) is 10.3. The molecular weight excluding hydrogens is 200 g/mol. The first kappa shape index (κ1) is 10.0. The largest absolute Gasteiger partial charge is 0.308 e. The van der Waals surface area contributed by atoms with Crippen molar-refractivity contribution >= 4 is 18.8 Å². The Balaban J connectivity index is 2.84. The second kappa shape index (κ2) is 3.25. The molecule has 0 amide bonds. The number of pyridine rings is 1. The summed E-state index contributed by atoms with van der Waals surface area (Å²) in [5, 5.41) is 10.4. The summed E-state index contributed by atoms with van der Waals surface area (Å²) in [5.74, 6) is 0. The lowest BCUT2D eigenvalue weighted by atomic mass is 10.4. The summed E-state index contributed by atoms with van der Waals surface area (Å²) < 4.78 is 1.98. The topological polar surface area (TPSA) is 28.2 Å². The zero-order valence-electron chi connectivity index (χ0n) is 9.28. The normalized spacial score (nSPS) is 11.6. The molecule has 0 unspecified atom stereocenters. The van der Waals surface area contributed by atoms with Crippen molar-refractivity contribution in [2.75, 3.05) is 0 Å². The molecule has 0 atom stereocenters. The lowest BCUT2D eigenvalue weighted by Crippen LogP contribution is -2.37. The van der Waals surface area contributed by atoms with E-state index in [1.165, 1.54) is 10.7 Å². The second-order valence-electron chi connectivity index (χ2n) is 4.76. The van der Waals surface area contributed by atoms with Crippen LogP contribution in [0.25, 0.3) is 5.52 Å². The van der Waals surface area contributed by atoms with Gasteiger partial charge in [0, 0.05) is 11.7 Å². The lowest BCUT2D eigenvalue weighted by molar-refractivity contribution is 1.16. The van der Waals surface area contributed by atoms with Crippen LogP contribution in [0.3, 0.4) is 0 Å². The summed E-state index contributed by atoms with van der Waals surface area (Å²) in [5.41, 5.74) is 1.93. The van der Waals surface area contributed by atoms with Gasteiger partial charge in [-0.2, -0.15) is 5.26 Å². The molecule has 0 aliphatic heterocycles. The van der Waals surface area contributed by atoms with Crippen LogP contribution < -0.4 is 5.19 Å². The summed E-state index contributed by atoms with van der Waals surface area (Å²) in [6, 6.07) is 10.4. The minimum Gasteiger partial charge on any atom is -0.308 e. The van der Waals surface area contributed by atoms with Crippen molar-refractivity contribution in [3.05, 3.63) is 36.2 Å². The van der Waals surface area contributed by atoms with E-state index in [-0.39, 0.29) is 0 Å². The highest BCUT2D eigenvalue weighted by molar-refractivity contribution is 6.90. The van der Waals surface area contributed by atoms with Gasteiger partial charge < -0.3 is 4.40 Å². The molecule has 0 aromatic carbocycles. The van der Waals surface area contributed by atoms with E-state index in [0.29, 0.717) is 0 Å². The van der Waals surface area contributed by atoms with E-state index in [1.807, 2.05) is 28.8 Å². The van der Waals surface area contributed by atoms with Crippen LogP contribution in [0, 0.1) is 11.3 Å². The van der Waals surface area contributed by atoms with Gasteiger partial charge in [0.15, 0.2) is 0 Å². The van der Waals surface area contributed by atoms with E-state index >= 15 is 0 Å². The fourth-order valence-electron chi connectivity index (χ4n) is 1.84. The molecule has 2 nitrogen and oxygen atoms in total. The Morgan fingerprint density at radius 1 is 1.27 bits per heavy atom. The predicted octanol–water partition coefficient (Wildman–Crippen LogP) is 2.36. The van der Waals surface area contributed by atoms with Crippen molar-refractivity contribution in [3.63, 3.8) is 0 Å². The summed E-state index contributed by atoms with van der Waals surface area (Å²) in [4.78, 5) is 0. The number of hydrogen-bond acceptors (Lipinski definition) is 1. The molecule has 0 saturated carbocycles. The molecule has 2 rings (SSSR count). The summed E-state index contributed by atoms with van der Waals surface area (Å²) in [6.07, 6.45) is 1.96. The average molecular weight is 214 g/mol. The quantitative estimate of drug-likeness (QED) is 0.670. The average Bonchev–Trinajstić information content (AvgIpc) is 2.55. The third-order valence-corrected chi connectivity index (χ3v) is 4.62. The summed E-state index contributed by atoms with van der Waals surface area (Å²) >= 11 is 0. The number of rotatable bonds is 1. The Labute approximate surface area is 90.8 Å². The van der Waals surface area contributed by atoms with Gasteiger partial charge in [-0.1, -0.05) is 25.7 Å². The van der Waals surface area contributed by atoms with Crippen LogP contribution in [-0.2, 0) is 0 Å². The first-order chi connectivity index (χ1) is 7.04. The van der Waals surface area contributed by atoms with Crippen LogP contribution in [-0.4, -0.2) is 12.5 Å². The van der Waals surface area contributed by atoms with E-state index in [2.05, 4.69) is 31.8 Å². The van der Waals surface area contributed by atoms with E-state index in [1.54, 1.807) is 0 Å². The molecule has 0 aliphatic carbocycles. The van der Waals surface area contributed by atoms with Crippen LogP contribution in [0.2, 0.25) is 19.6 Å². The molecule has 0 spiro atoms. The van der Waals surface area contributed by atoms with Crippen molar-refractivity contribution in [2.24, 2.45) is 0 Å². The molecule has 0 aliphatic rings. The molecule has 2 aromatic rings. The van der Waals surface area contributed by atoms with Gasteiger partial charge in [0.1, 0.15) is 11.8 Å². The molecule has 76 valence electrons. The SMILES string of the molecule is C[Si](C)(C)c1cc(C#N)n2ccccc12. The molecule has 0 N–H and O–H groups in total. The Morgan fingerprint density at radius 2 is 2.00 bits per heavy atom. The van der Waals surface area contributed by atoms with Crippen LogP contribution in [0.5, 0.6) is 0 Å². The van der Waals surface area contributed by atoms with E-state index in [0.717, 1.165) is 5.69 Å². The van der Waals surface area contributed by atoms with Gasteiger partial charge >= 0.3 is 0 Å². The fraction of sp³-hybridized carbons (Fsp3) is 0.250. The third-order valence-electron chi connectivity index (χ3n) is 2.60. The minimum atomic E-state index is -1.37. The smallest absolute Gasteiger partial charge is 0.124 e. The van der Waals surface area contributed by atoms with Gasteiger partial charge in [0.05, 0.1) is 8.07 Å². The second-order valence-corrected chi connectivity index (χ2v) is 9.80. The monoisotopic (exact) mass is 214 g/mol. The molecule has 2 heterocycles. The fourth-order valence-corrected chi connectivity index (χ4v) is 3.38. The standard InChI is InChI=1S/C12H14N2Si/c1-15(2,3)12-8-10(9-13)14-7-5-4-6-11(12)14/h4-8H,1-3H3. The van der Waals surface area contributed by atoms with Crippen molar-refractivity contribution in [2.45, 2.75) is 19.6 Å². The molecule has 0 fully saturated rings. The predicted molar refractivity (Wildman–Crippen MR) is 65.1 cm³/mol. The number of aromatic nitrogens is 1. The molecular formula is C12H14N2Si. The van der Waals surface area contributed by atoms with Crippen molar-refractivity contribution in [3.8, 4) is 6.07 Å². The summed E-state index contributed by atoms with van der Waals surface area (Å²) in [7, 11) is -1.37. The van der Waals surface area contributed by atoms with Gasteiger partial charge in [-0.25, -0.2) is 0 Å². The highest BCUT2D eigenvalue weighted by Gasteiger charge is 2.21. The number of fused-ring (bicyclic) bond motifs is 1. The Kier molecular flexibility index (Phi) is 2.17. The van der Waals surface area contributed by atoms with Crippen LogP contribution in [0.4, 0.5) is 0 Å². The van der Waals surface area contributed by atoms with Crippen molar-refractivity contribution in [1.82, 2.24) is 4.40 Å². The molecule has 0 saturated heterocycles. The molecule has 3 heteroatoms. The highest BCUT2D eigenvalue weighted by atomic mass is 28.3. The highest BCUT2D eigenvalue weighted by Crippen LogP contribution is 2.13. The Hall–Kier alpha value is -1.53.